The van der Waals surface area contributed by atoms with Crippen LogP contribution in [-0.2, 0) is 9.59 Å². The zero-order valence-corrected chi connectivity index (χ0v) is 8.90. The number of carbonyl (C=O) groups is 2. The molecule has 2 atom stereocenters. The van der Waals surface area contributed by atoms with Crippen LogP contribution in [0.2, 0.25) is 0 Å². The van der Waals surface area contributed by atoms with E-state index in [0.29, 0.717) is 5.92 Å². The highest BCUT2D eigenvalue weighted by Crippen LogP contribution is 2.21. The third-order valence-corrected chi connectivity index (χ3v) is 3.27. The Bertz CT molecular complexity index is 288. The summed E-state index contributed by atoms with van der Waals surface area (Å²) in [4.78, 5) is 24.3. The molecular formula is C11H16N2O2. The van der Waals surface area contributed by atoms with E-state index >= 15 is 0 Å². The Labute approximate surface area is 89.3 Å². The van der Waals surface area contributed by atoms with Crippen molar-refractivity contribution in [2.45, 2.75) is 25.8 Å². The van der Waals surface area contributed by atoms with Crippen LogP contribution in [0.5, 0.6) is 0 Å². The zero-order chi connectivity index (χ0) is 10.8. The fraction of sp³-hybridized carbons (Fsp3) is 0.636. The molecule has 2 amide bonds. The van der Waals surface area contributed by atoms with Crippen LogP contribution < -0.4 is 5.32 Å². The first-order valence-corrected chi connectivity index (χ1v) is 5.46. The SMILES string of the molecule is CC(C1CCCNC1)N1C(=O)C=CC1=O. The van der Waals surface area contributed by atoms with Crippen LogP contribution in [-0.4, -0.2) is 35.8 Å². The molecule has 2 aliphatic rings. The summed E-state index contributed by atoms with van der Waals surface area (Å²) in [7, 11) is 0. The summed E-state index contributed by atoms with van der Waals surface area (Å²) in [6.45, 7) is 3.90. The average Bonchev–Trinajstić information content (AvgIpc) is 2.59. The fourth-order valence-corrected chi connectivity index (χ4v) is 2.31. The average molecular weight is 208 g/mol. The van der Waals surface area contributed by atoms with Crippen LogP contribution in [0.1, 0.15) is 19.8 Å². The van der Waals surface area contributed by atoms with Crippen molar-refractivity contribution < 1.29 is 9.59 Å². The molecule has 0 saturated carbocycles. The molecule has 4 heteroatoms. The lowest BCUT2D eigenvalue weighted by atomic mass is 9.92. The van der Waals surface area contributed by atoms with Gasteiger partial charge in [0.05, 0.1) is 0 Å². The van der Waals surface area contributed by atoms with Crippen LogP contribution >= 0.6 is 0 Å². The Balaban J connectivity index is 2.03. The van der Waals surface area contributed by atoms with Gasteiger partial charge in [-0.15, -0.1) is 0 Å². The van der Waals surface area contributed by atoms with Crippen molar-refractivity contribution >= 4 is 11.8 Å². The van der Waals surface area contributed by atoms with Crippen LogP contribution in [0.25, 0.3) is 0 Å². The summed E-state index contributed by atoms with van der Waals surface area (Å²) >= 11 is 0. The second kappa shape index (κ2) is 4.14. The fourth-order valence-electron chi connectivity index (χ4n) is 2.31. The van der Waals surface area contributed by atoms with Crippen molar-refractivity contribution in [3.63, 3.8) is 0 Å². The molecule has 1 saturated heterocycles. The number of hydrogen-bond donors (Lipinski definition) is 1. The first kappa shape index (κ1) is 10.4. The van der Waals surface area contributed by atoms with E-state index in [4.69, 9.17) is 0 Å². The van der Waals surface area contributed by atoms with Gasteiger partial charge in [0.2, 0.25) is 0 Å². The lowest BCUT2D eigenvalue weighted by molar-refractivity contribution is -0.140. The minimum atomic E-state index is -0.168. The number of nitrogens with one attached hydrogen (secondary N) is 1. The number of rotatable bonds is 2. The maximum absolute atomic E-state index is 11.5. The van der Waals surface area contributed by atoms with Crippen molar-refractivity contribution in [1.82, 2.24) is 10.2 Å². The van der Waals surface area contributed by atoms with Crippen molar-refractivity contribution in [2.24, 2.45) is 5.92 Å². The summed E-state index contributed by atoms with van der Waals surface area (Å²) in [5.74, 6) is 0.0581. The Morgan fingerprint density at radius 3 is 2.60 bits per heavy atom. The molecule has 15 heavy (non-hydrogen) atoms. The van der Waals surface area contributed by atoms with E-state index in [2.05, 4.69) is 5.32 Å². The van der Waals surface area contributed by atoms with Gasteiger partial charge in [0, 0.05) is 18.2 Å². The van der Waals surface area contributed by atoms with Gasteiger partial charge in [0.15, 0.2) is 0 Å². The van der Waals surface area contributed by atoms with Gasteiger partial charge in [-0.1, -0.05) is 0 Å². The van der Waals surface area contributed by atoms with Crippen LogP contribution in [0.4, 0.5) is 0 Å². The molecule has 0 aromatic carbocycles. The molecule has 4 nitrogen and oxygen atoms in total. The van der Waals surface area contributed by atoms with Crippen molar-refractivity contribution in [2.75, 3.05) is 13.1 Å². The molecule has 0 aliphatic carbocycles. The molecule has 82 valence electrons. The van der Waals surface area contributed by atoms with Gasteiger partial charge in [-0.05, 0) is 38.8 Å². The normalized spacial score (nSPS) is 28.6. The van der Waals surface area contributed by atoms with Crippen molar-refractivity contribution in [3.8, 4) is 0 Å². The second-order valence-corrected chi connectivity index (χ2v) is 4.23. The topological polar surface area (TPSA) is 49.4 Å². The minimum Gasteiger partial charge on any atom is -0.316 e. The highest BCUT2D eigenvalue weighted by Gasteiger charge is 2.33. The van der Waals surface area contributed by atoms with E-state index in [1.54, 1.807) is 0 Å². The molecule has 0 radical (unpaired) electrons. The second-order valence-electron chi connectivity index (χ2n) is 4.23. The predicted molar refractivity (Wildman–Crippen MR) is 56.0 cm³/mol. The first-order chi connectivity index (χ1) is 7.20. The number of hydrogen-bond acceptors (Lipinski definition) is 3. The Hall–Kier alpha value is -1.16. The monoisotopic (exact) mass is 208 g/mol. The van der Waals surface area contributed by atoms with Gasteiger partial charge in [-0.25, -0.2) is 0 Å². The summed E-state index contributed by atoms with van der Waals surface area (Å²) in [6, 6.07) is 0.00722. The molecule has 1 N–H and O–H groups in total. The van der Waals surface area contributed by atoms with Crippen molar-refractivity contribution in [3.05, 3.63) is 12.2 Å². The van der Waals surface area contributed by atoms with Gasteiger partial charge in [-0.2, -0.15) is 0 Å². The van der Waals surface area contributed by atoms with Gasteiger partial charge in [0.25, 0.3) is 11.8 Å². The van der Waals surface area contributed by atoms with Gasteiger partial charge >= 0.3 is 0 Å². The van der Waals surface area contributed by atoms with Gasteiger partial charge in [0.1, 0.15) is 0 Å². The smallest absolute Gasteiger partial charge is 0.253 e. The number of piperidine rings is 1. The summed E-state index contributed by atoms with van der Waals surface area (Å²) < 4.78 is 0. The molecule has 0 bridgehead atoms. The molecule has 2 unspecified atom stereocenters. The van der Waals surface area contributed by atoms with E-state index in [-0.39, 0.29) is 17.9 Å². The standard InChI is InChI=1S/C11H16N2O2/c1-8(9-3-2-6-12-7-9)13-10(14)4-5-11(13)15/h4-5,8-9,12H,2-3,6-7H2,1H3. The Morgan fingerprint density at radius 2 is 2.07 bits per heavy atom. The number of amides is 2. The highest BCUT2D eigenvalue weighted by molar-refractivity contribution is 6.13. The molecule has 0 aromatic rings. The van der Waals surface area contributed by atoms with E-state index in [1.807, 2.05) is 6.92 Å². The van der Waals surface area contributed by atoms with Crippen LogP contribution in [0, 0.1) is 5.92 Å². The quantitative estimate of drug-likeness (QED) is 0.664. The third-order valence-electron chi connectivity index (χ3n) is 3.27. The van der Waals surface area contributed by atoms with Crippen molar-refractivity contribution in [1.29, 1.82) is 0 Å². The summed E-state index contributed by atoms with van der Waals surface area (Å²) in [5, 5.41) is 3.30. The molecule has 2 rings (SSSR count). The Kier molecular flexibility index (Phi) is 2.86. The minimum absolute atomic E-state index is 0.00722. The summed E-state index contributed by atoms with van der Waals surface area (Å²) in [6.07, 6.45) is 4.92. The molecule has 2 aliphatic heterocycles. The van der Waals surface area contributed by atoms with E-state index in [0.717, 1.165) is 25.9 Å². The maximum Gasteiger partial charge on any atom is 0.253 e. The molecule has 0 aromatic heterocycles. The van der Waals surface area contributed by atoms with E-state index in [1.165, 1.54) is 17.1 Å². The van der Waals surface area contributed by atoms with Crippen LogP contribution in [0.15, 0.2) is 12.2 Å². The predicted octanol–water partition coefficient (Wildman–Crippen LogP) is 0.299. The maximum atomic E-state index is 11.5. The first-order valence-electron chi connectivity index (χ1n) is 5.46. The molecule has 0 spiro atoms. The van der Waals surface area contributed by atoms with E-state index < -0.39 is 0 Å². The molecule has 1 fully saturated rings. The molecular weight excluding hydrogens is 192 g/mol. The molecule has 2 heterocycles. The zero-order valence-electron chi connectivity index (χ0n) is 8.90. The largest absolute Gasteiger partial charge is 0.316 e. The third kappa shape index (κ3) is 1.95. The van der Waals surface area contributed by atoms with E-state index in [9.17, 15) is 9.59 Å². The Morgan fingerprint density at radius 1 is 1.40 bits per heavy atom. The van der Waals surface area contributed by atoms with Crippen LogP contribution in [0.3, 0.4) is 0 Å². The van der Waals surface area contributed by atoms with Gasteiger partial charge in [-0.3, -0.25) is 14.5 Å². The van der Waals surface area contributed by atoms with Gasteiger partial charge < -0.3 is 5.32 Å². The number of carbonyl (C=O) groups excluding carboxylic acids is 2. The summed E-state index contributed by atoms with van der Waals surface area (Å²) in [5.41, 5.74) is 0. The number of imide groups is 1. The highest BCUT2D eigenvalue weighted by atomic mass is 16.2. The lowest BCUT2D eigenvalue weighted by Crippen LogP contribution is -2.47. The number of nitrogens with zero attached hydrogens (tertiary/aromatic N) is 1. The lowest BCUT2D eigenvalue weighted by Gasteiger charge is -2.33.